The molecule has 0 spiro atoms. The molecule has 0 saturated carbocycles. The van der Waals surface area contributed by atoms with Crippen LogP contribution in [0.5, 0.6) is 0 Å². The molecule has 1 fully saturated rings. The Morgan fingerprint density at radius 1 is 1.14 bits per heavy atom. The Morgan fingerprint density at radius 2 is 1.73 bits per heavy atom. The first kappa shape index (κ1) is 17.3. The lowest BCUT2D eigenvalue weighted by atomic mass is 9.97. The van der Waals surface area contributed by atoms with Crippen molar-refractivity contribution < 1.29 is 32.7 Å². The molecule has 1 unspecified atom stereocenters. The van der Waals surface area contributed by atoms with Crippen molar-refractivity contribution in [2.45, 2.75) is 55.9 Å². The van der Waals surface area contributed by atoms with Crippen molar-refractivity contribution in [2.24, 2.45) is 0 Å². The summed E-state index contributed by atoms with van der Waals surface area (Å²) in [6.45, 7) is 3.51. The predicted octanol–water partition coefficient (Wildman–Crippen LogP) is -0.0821. The Morgan fingerprint density at radius 3 is 2.27 bits per heavy atom. The topological polar surface area (TPSA) is 113 Å². The number of aryl methyl sites for hydroxylation is 1. The van der Waals surface area contributed by atoms with Gasteiger partial charge in [-0.2, -0.15) is 8.42 Å². The van der Waals surface area contributed by atoms with E-state index >= 15 is 0 Å². The van der Waals surface area contributed by atoms with Gasteiger partial charge in [-0.3, -0.25) is 4.18 Å². The third-order valence-corrected chi connectivity index (χ3v) is 4.94. The van der Waals surface area contributed by atoms with Gasteiger partial charge in [0.15, 0.2) is 12.4 Å². The van der Waals surface area contributed by atoms with E-state index in [1.807, 2.05) is 0 Å². The van der Waals surface area contributed by atoms with Gasteiger partial charge in [-0.25, -0.2) is 0 Å². The molecule has 1 aliphatic rings. The van der Waals surface area contributed by atoms with Crippen LogP contribution in [-0.4, -0.2) is 54.4 Å². The Balaban J connectivity index is 2.20. The highest BCUT2D eigenvalue weighted by atomic mass is 32.2. The molecule has 0 bridgehead atoms. The summed E-state index contributed by atoms with van der Waals surface area (Å²) >= 11 is 0. The van der Waals surface area contributed by atoms with Crippen LogP contribution in [0.4, 0.5) is 0 Å². The first-order valence-electron chi connectivity index (χ1n) is 6.96. The third kappa shape index (κ3) is 3.48. The van der Waals surface area contributed by atoms with E-state index in [2.05, 4.69) is 0 Å². The van der Waals surface area contributed by atoms with Crippen LogP contribution in [-0.2, 0) is 19.0 Å². The number of hydrogen-bond acceptors (Lipinski definition) is 7. The van der Waals surface area contributed by atoms with E-state index in [4.69, 9.17) is 8.92 Å². The Kier molecular flexibility index (Phi) is 5.21. The van der Waals surface area contributed by atoms with Gasteiger partial charge >= 0.3 is 0 Å². The molecule has 124 valence electrons. The maximum absolute atomic E-state index is 12.2. The van der Waals surface area contributed by atoms with Crippen LogP contribution in [0.1, 0.15) is 18.9 Å². The van der Waals surface area contributed by atoms with Crippen LogP contribution < -0.4 is 0 Å². The average molecular weight is 332 g/mol. The largest absolute Gasteiger partial charge is 0.388 e. The SMILES string of the molecule is CC[C@H]1OC(O)[C@H](OS(=O)(=O)c2ccc(C)cc2)[C@@H](O)[C@@H]1O. The normalized spacial score (nSPS) is 32.9. The second-order valence-corrected chi connectivity index (χ2v) is 6.85. The lowest BCUT2D eigenvalue weighted by molar-refractivity contribution is -0.274. The molecule has 0 radical (unpaired) electrons. The zero-order valence-electron chi connectivity index (χ0n) is 12.3. The highest BCUT2D eigenvalue weighted by molar-refractivity contribution is 7.86. The van der Waals surface area contributed by atoms with Gasteiger partial charge in [0.25, 0.3) is 10.1 Å². The van der Waals surface area contributed by atoms with Gasteiger partial charge in [-0.1, -0.05) is 24.6 Å². The highest BCUT2D eigenvalue weighted by Gasteiger charge is 2.46. The van der Waals surface area contributed by atoms with Crippen LogP contribution in [0.15, 0.2) is 29.2 Å². The number of aliphatic hydroxyl groups is 3. The zero-order chi connectivity index (χ0) is 16.5. The van der Waals surface area contributed by atoms with Crippen LogP contribution in [0, 0.1) is 6.92 Å². The van der Waals surface area contributed by atoms with E-state index in [9.17, 15) is 23.7 Å². The van der Waals surface area contributed by atoms with Crippen molar-refractivity contribution in [3.8, 4) is 0 Å². The van der Waals surface area contributed by atoms with Gasteiger partial charge < -0.3 is 20.1 Å². The fraction of sp³-hybridized carbons (Fsp3) is 0.571. The third-order valence-electron chi connectivity index (χ3n) is 3.61. The summed E-state index contributed by atoms with van der Waals surface area (Å²) in [5.41, 5.74) is 0.876. The minimum atomic E-state index is -4.20. The van der Waals surface area contributed by atoms with Crippen molar-refractivity contribution >= 4 is 10.1 Å². The molecular weight excluding hydrogens is 312 g/mol. The number of hydrogen-bond donors (Lipinski definition) is 3. The molecule has 8 heteroatoms. The minimum absolute atomic E-state index is 0.107. The van der Waals surface area contributed by atoms with E-state index in [1.165, 1.54) is 12.1 Å². The lowest BCUT2D eigenvalue weighted by Gasteiger charge is -2.39. The summed E-state index contributed by atoms with van der Waals surface area (Å²) in [6.07, 6.45) is -6.59. The number of aliphatic hydroxyl groups excluding tert-OH is 3. The maximum atomic E-state index is 12.2. The number of benzene rings is 1. The Bertz CT molecular complexity index is 598. The van der Waals surface area contributed by atoms with Crippen molar-refractivity contribution in [1.82, 2.24) is 0 Å². The van der Waals surface area contributed by atoms with Crippen LogP contribution in [0.25, 0.3) is 0 Å². The summed E-state index contributed by atoms with van der Waals surface area (Å²) in [6, 6.07) is 5.92. The van der Waals surface area contributed by atoms with E-state index in [0.717, 1.165) is 5.56 Å². The fourth-order valence-electron chi connectivity index (χ4n) is 2.27. The second-order valence-electron chi connectivity index (χ2n) is 5.28. The summed E-state index contributed by atoms with van der Waals surface area (Å²) in [4.78, 5) is -0.107. The molecule has 1 aliphatic heterocycles. The van der Waals surface area contributed by atoms with Crippen molar-refractivity contribution in [2.75, 3.05) is 0 Å². The summed E-state index contributed by atoms with van der Waals surface area (Å²) < 4.78 is 34.3. The van der Waals surface area contributed by atoms with Crippen LogP contribution >= 0.6 is 0 Å². The predicted molar refractivity (Wildman–Crippen MR) is 76.4 cm³/mol. The lowest BCUT2D eigenvalue weighted by Crippen LogP contribution is -2.58. The summed E-state index contributed by atoms with van der Waals surface area (Å²) in [5, 5.41) is 29.7. The van der Waals surface area contributed by atoms with E-state index < -0.39 is 40.8 Å². The van der Waals surface area contributed by atoms with Gasteiger partial charge in [0.05, 0.1) is 11.0 Å². The molecule has 0 amide bonds. The first-order chi connectivity index (χ1) is 10.3. The Hall–Kier alpha value is -1.03. The molecule has 22 heavy (non-hydrogen) atoms. The minimum Gasteiger partial charge on any atom is -0.388 e. The molecular formula is C14H20O7S. The number of ether oxygens (including phenoxy) is 1. The first-order valence-corrected chi connectivity index (χ1v) is 8.36. The quantitative estimate of drug-likeness (QED) is 0.661. The van der Waals surface area contributed by atoms with Gasteiger partial charge in [0, 0.05) is 0 Å². The van der Waals surface area contributed by atoms with E-state index in [1.54, 1.807) is 26.0 Å². The molecule has 0 aromatic heterocycles. The molecule has 5 atom stereocenters. The van der Waals surface area contributed by atoms with Crippen LogP contribution in [0.3, 0.4) is 0 Å². The molecule has 1 aromatic carbocycles. The maximum Gasteiger partial charge on any atom is 0.297 e. The molecule has 3 N–H and O–H groups in total. The highest BCUT2D eigenvalue weighted by Crippen LogP contribution is 2.27. The molecule has 0 aliphatic carbocycles. The van der Waals surface area contributed by atoms with Crippen molar-refractivity contribution in [3.63, 3.8) is 0 Å². The molecule has 7 nitrogen and oxygen atoms in total. The molecule has 1 heterocycles. The standard InChI is InChI=1S/C14H20O7S/c1-3-10-11(15)12(16)13(14(17)20-10)21-22(18,19)9-6-4-8(2)5-7-9/h4-7,10-17H,3H2,1-2H3/t10-,11-,12+,13-,14?/m1/s1. The second kappa shape index (κ2) is 6.61. The van der Waals surface area contributed by atoms with Gasteiger partial charge in [-0.15, -0.1) is 0 Å². The van der Waals surface area contributed by atoms with Crippen LogP contribution in [0.2, 0.25) is 0 Å². The smallest absolute Gasteiger partial charge is 0.297 e. The van der Waals surface area contributed by atoms with Crippen molar-refractivity contribution in [1.29, 1.82) is 0 Å². The summed E-state index contributed by atoms with van der Waals surface area (Å²) in [5.74, 6) is 0. The van der Waals surface area contributed by atoms with Gasteiger partial charge in [0.1, 0.15) is 12.2 Å². The van der Waals surface area contributed by atoms with E-state index in [0.29, 0.717) is 6.42 Å². The monoisotopic (exact) mass is 332 g/mol. The number of rotatable bonds is 4. The molecule has 1 aromatic rings. The van der Waals surface area contributed by atoms with Gasteiger partial charge in [-0.05, 0) is 25.5 Å². The average Bonchev–Trinajstić information content (AvgIpc) is 2.48. The summed E-state index contributed by atoms with van der Waals surface area (Å²) in [7, 11) is -4.20. The molecule has 1 saturated heterocycles. The Labute approximate surface area is 129 Å². The zero-order valence-corrected chi connectivity index (χ0v) is 13.1. The van der Waals surface area contributed by atoms with Crippen molar-refractivity contribution in [3.05, 3.63) is 29.8 Å². The van der Waals surface area contributed by atoms with E-state index in [-0.39, 0.29) is 4.90 Å². The van der Waals surface area contributed by atoms with Gasteiger partial charge in [0.2, 0.25) is 0 Å². The molecule has 2 rings (SSSR count). The fourth-order valence-corrected chi connectivity index (χ4v) is 3.35.